The van der Waals surface area contributed by atoms with Gasteiger partial charge >= 0.3 is 0 Å². The minimum absolute atomic E-state index is 0.00973. The average Bonchev–Trinajstić information content (AvgIpc) is 3.57. The molecule has 0 spiro atoms. The Morgan fingerprint density at radius 3 is 2.18 bits per heavy atom. The third-order valence-corrected chi connectivity index (χ3v) is 6.88. The van der Waals surface area contributed by atoms with Gasteiger partial charge in [0.1, 0.15) is 24.4 Å². The summed E-state index contributed by atoms with van der Waals surface area (Å²) in [7, 11) is 1.20. The van der Waals surface area contributed by atoms with E-state index in [0.29, 0.717) is 18.4 Å². The van der Waals surface area contributed by atoms with Crippen LogP contribution in [0.15, 0.2) is 42.5 Å². The van der Waals surface area contributed by atoms with Crippen molar-refractivity contribution >= 4 is 11.6 Å². The van der Waals surface area contributed by atoms with Gasteiger partial charge in [-0.1, -0.05) is 41.9 Å². The minimum atomic E-state index is -2.57. The zero-order chi connectivity index (χ0) is 24.2. The topological polar surface area (TPSA) is 160 Å². The van der Waals surface area contributed by atoms with E-state index in [1.807, 2.05) is 0 Å². The Kier molecular flexibility index (Phi) is 6.34. The minimum Gasteiger partial charge on any atom is -0.394 e. The van der Waals surface area contributed by atoms with Crippen LogP contribution in [0.1, 0.15) is 35.1 Å². The van der Waals surface area contributed by atoms with E-state index in [9.17, 15) is 35.7 Å². The molecule has 7 N–H and O–H groups in total. The highest BCUT2D eigenvalue weighted by Crippen LogP contribution is 2.46. The summed E-state index contributed by atoms with van der Waals surface area (Å²) in [6.45, 7) is -0.668. The molecule has 2 aromatic rings. The molecule has 4 rings (SSSR count). The Morgan fingerprint density at radius 2 is 1.64 bits per heavy atom. The van der Waals surface area contributed by atoms with Crippen LogP contribution in [-0.2, 0) is 26.6 Å². The molecule has 2 fully saturated rings. The quantitative estimate of drug-likeness (QED) is 0.276. The van der Waals surface area contributed by atoms with Gasteiger partial charge < -0.3 is 45.2 Å². The standard InChI is InChI=1S/C23H27ClO9/c1-32-23(20(28)19(27)18(26)17(11-25)33-23)14-6-7-16(24)15(10-14)22(30,31)13-4-2-12(3-5-13)21(29)8-9-21/h2-7,10,17-20,25-31H,8-9,11H2,1H3. The summed E-state index contributed by atoms with van der Waals surface area (Å²) < 4.78 is 11.1. The number of halogens is 1. The van der Waals surface area contributed by atoms with Crippen molar-refractivity contribution in [2.75, 3.05) is 13.7 Å². The Morgan fingerprint density at radius 1 is 1.03 bits per heavy atom. The molecule has 1 heterocycles. The van der Waals surface area contributed by atoms with Crippen LogP contribution in [0.4, 0.5) is 0 Å². The van der Waals surface area contributed by atoms with Gasteiger partial charge in [0.2, 0.25) is 11.6 Å². The Bertz CT molecular complexity index is 1010. The van der Waals surface area contributed by atoms with Crippen LogP contribution in [-0.4, -0.2) is 73.9 Å². The van der Waals surface area contributed by atoms with E-state index < -0.39 is 48.2 Å². The molecule has 0 bridgehead atoms. The zero-order valence-corrected chi connectivity index (χ0v) is 18.6. The lowest BCUT2D eigenvalue weighted by atomic mass is 9.86. The highest BCUT2D eigenvalue weighted by atomic mass is 35.5. The molecule has 0 amide bonds. The largest absolute Gasteiger partial charge is 0.394 e. The third kappa shape index (κ3) is 3.98. The molecule has 33 heavy (non-hydrogen) atoms. The SMILES string of the molecule is COC1(c2ccc(Cl)c(C(O)(O)c3ccc(C4(O)CC4)cc3)c2)OC(CO)C(O)C(O)C1O. The molecular weight excluding hydrogens is 456 g/mol. The normalized spacial score (nSPS) is 31.4. The Balaban J connectivity index is 1.75. The number of hydrogen-bond donors (Lipinski definition) is 7. The summed E-state index contributed by atoms with van der Waals surface area (Å²) in [5.74, 6) is -4.61. The fourth-order valence-electron chi connectivity index (χ4n) is 4.25. The fourth-order valence-corrected chi connectivity index (χ4v) is 4.50. The van der Waals surface area contributed by atoms with Crippen molar-refractivity contribution in [1.29, 1.82) is 0 Å². The van der Waals surface area contributed by atoms with E-state index in [1.165, 1.54) is 37.4 Å². The van der Waals surface area contributed by atoms with Gasteiger partial charge in [0.05, 0.1) is 12.2 Å². The molecule has 10 heteroatoms. The first-order chi connectivity index (χ1) is 15.5. The summed E-state index contributed by atoms with van der Waals surface area (Å²) in [5, 5.41) is 72.9. The smallest absolute Gasteiger partial charge is 0.224 e. The molecule has 5 atom stereocenters. The van der Waals surface area contributed by atoms with Gasteiger partial charge in [-0.25, -0.2) is 0 Å². The molecule has 1 aliphatic heterocycles. The molecule has 180 valence electrons. The van der Waals surface area contributed by atoms with Gasteiger partial charge in [-0.05, 0) is 30.5 Å². The molecule has 0 aromatic heterocycles. The van der Waals surface area contributed by atoms with Crippen molar-refractivity contribution in [3.05, 3.63) is 69.7 Å². The van der Waals surface area contributed by atoms with Crippen LogP contribution >= 0.6 is 11.6 Å². The van der Waals surface area contributed by atoms with E-state index in [0.717, 1.165) is 0 Å². The second-order valence-electron chi connectivity index (χ2n) is 8.61. The molecule has 1 saturated carbocycles. The molecule has 9 nitrogen and oxygen atoms in total. The van der Waals surface area contributed by atoms with Crippen molar-refractivity contribution < 1.29 is 45.2 Å². The van der Waals surface area contributed by atoms with Crippen molar-refractivity contribution in [3.8, 4) is 0 Å². The van der Waals surface area contributed by atoms with Crippen LogP contribution in [0.25, 0.3) is 0 Å². The highest BCUT2D eigenvalue weighted by molar-refractivity contribution is 6.31. The number of ether oxygens (including phenoxy) is 2. The van der Waals surface area contributed by atoms with E-state index >= 15 is 0 Å². The number of aliphatic hydroxyl groups excluding tert-OH is 4. The van der Waals surface area contributed by atoms with Crippen LogP contribution in [0.3, 0.4) is 0 Å². The molecule has 5 unspecified atom stereocenters. The number of benzene rings is 2. The van der Waals surface area contributed by atoms with Gasteiger partial charge in [-0.15, -0.1) is 0 Å². The first-order valence-electron chi connectivity index (χ1n) is 10.5. The third-order valence-electron chi connectivity index (χ3n) is 6.55. The maximum Gasteiger partial charge on any atom is 0.224 e. The van der Waals surface area contributed by atoms with E-state index in [2.05, 4.69) is 0 Å². The predicted molar refractivity (Wildman–Crippen MR) is 115 cm³/mol. The fraction of sp³-hybridized carbons (Fsp3) is 0.478. The first-order valence-corrected chi connectivity index (χ1v) is 10.8. The summed E-state index contributed by atoms with van der Waals surface area (Å²) in [5.41, 5.74) is -0.223. The molecule has 0 radical (unpaired) electrons. The Hall–Kier alpha value is -1.63. The lowest BCUT2D eigenvalue weighted by molar-refractivity contribution is -0.366. The van der Waals surface area contributed by atoms with Gasteiger partial charge in [0.15, 0.2) is 0 Å². The van der Waals surface area contributed by atoms with Crippen LogP contribution in [0.2, 0.25) is 5.02 Å². The summed E-state index contributed by atoms with van der Waals surface area (Å²) in [6.07, 6.45) is -5.07. The van der Waals surface area contributed by atoms with Crippen molar-refractivity contribution in [3.63, 3.8) is 0 Å². The Labute approximate surface area is 195 Å². The number of methoxy groups -OCH3 is 1. The van der Waals surface area contributed by atoms with Crippen LogP contribution < -0.4 is 0 Å². The van der Waals surface area contributed by atoms with Gasteiger partial charge in [0.25, 0.3) is 0 Å². The zero-order valence-electron chi connectivity index (χ0n) is 17.8. The highest BCUT2D eigenvalue weighted by Gasteiger charge is 2.55. The van der Waals surface area contributed by atoms with Crippen LogP contribution in [0, 0.1) is 0 Å². The summed E-state index contributed by atoms with van der Waals surface area (Å²) >= 11 is 6.28. The molecule has 1 aliphatic carbocycles. The predicted octanol–water partition coefficient (Wildman–Crippen LogP) is -0.220. The van der Waals surface area contributed by atoms with Crippen LogP contribution in [0.5, 0.6) is 0 Å². The van der Waals surface area contributed by atoms with Crippen molar-refractivity contribution in [1.82, 2.24) is 0 Å². The van der Waals surface area contributed by atoms with E-state index in [1.54, 1.807) is 12.1 Å². The summed E-state index contributed by atoms with van der Waals surface area (Å²) in [4.78, 5) is 0. The van der Waals surface area contributed by atoms with Crippen molar-refractivity contribution in [2.45, 2.75) is 54.4 Å². The first kappa shape index (κ1) is 24.5. The maximum atomic E-state index is 11.0. The van der Waals surface area contributed by atoms with E-state index in [-0.39, 0.29) is 21.7 Å². The molecule has 2 aliphatic rings. The summed E-state index contributed by atoms with van der Waals surface area (Å²) in [6, 6.07) is 10.1. The number of aliphatic hydroxyl groups is 7. The lowest BCUT2D eigenvalue weighted by Crippen LogP contribution is -2.64. The molecular formula is C23H27ClO9. The maximum absolute atomic E-state index is 11.0. The van der Waals surface area contributed by atoms with Gasteiger partial charge in [-0.2, -0.15) is 0 Å². The second-order valence-corrected chi connectivity index (χ2v) is 9.02. The van der Waals surface area contributed by atoms with Crippen molar-refractivity contribution in [2.24, 2.45) is 0 Å². The number of hydrogen-bond acceptors (Lipinski definition) is 9. The van der Waals surface area contributed by atoms with Gasteiger partial charge in [-0.3, -0.25) is 0 Å². The lowest BCUT2D eigenvalue weighted by Gasteiger charge is -2.47. The monoisotopic (exact) mass is 482 g/mol. The molecule has 2 aromatic carbocycles. The molecule has 1 saturated heterocycles. The second kappa shape index (κ2) is 8.54. The number of rotatable bonds is 6. The van der Waals surface area contributed by atoms with Gasteiger partial charge in [0, 0.05) is 28.8 Å². The van der Waals surface area contributed by atoms with E-state index in [4.69, 9.17) is 21.1 Å². The average molecular weight is 483 g/mol.